The third-order valence-corrected chi connectivity index (χ3v) is 14.7. The van der Waals surface area contributed by atoms with Gasteiger partial charge >= 0.3 is 5.97 Å². The van der Waals surface area contributed by atoms with E-state index in [9.17, 15) is 67.7 Å². The summed E-state index contributed by atoms with van der Waals surface area (Å²) in [5.41, 5.74) is 15.3. The average Bonchev–Trinajstić information content (AvgIpc) is 2.68. The molecule has 19 N–H and O–H groups in total. The molecule has 1 aliphatic carbocycles. The molecule has 2 aliphatic rings. The summed E-state index contributed by atoms with van der Waals surface area (Å²) in [6.07, 6.45) is 4.55. The molecule has 0 radical (unpaired) electrons. The number of guanidine groups is 1. The quantitative estimate of drug-likeness (QED) is 0.0413. The first-order valence-electron chi connectivity index (χ1n) is 28.5. The summed E-state index contributed by atoms with van der Waals surface area (Å²) in [4.78, 5) is 175. The Balaban J connectivity index is 2.09. The molecule has 31 heteroatoms. The molecule has 0 aromatic carbocycles. The highest BCUT2D eigenvalue weighted by atomic mass is 32.2. The van der Waals surface area contributed by atoms with Gasteiger partial charge in [0.05, 0.1) is 18.9 Å². The molecule has 9 atom stereocenters. The average molecular weight is 1210 g/mol. The minimum atomic E-state index is -1.64. The smallest absolute Gasteiger partial charge is 0.303 e. The van der Waals surface area contributed by atoms with Gasteiger partial charge < -0.3 is 85.6 Å². The van der Waals surface area contributed by atoms with E-state index < -0.39 is 150 Å². The number of nitrogens with zero attached hydrogens (tertiary/aromatic N) is 2. The van der Waals surface area contributed by atoms with Gasteiger partial charge in [0, 0.05) is 44.2 Å². The number of carbonyl (C=O) groups is 12. The number of aliphatic hydroxyl groups excluding tert-OH is 1. The lowest BCUT2D eigenvalue weighted by Gasteiger charge is -2.38. The Labute approximate surface area is 492 Å². The number of imidazole rings is 1. The molecule has 84 heavy (non-hydrogen) atoms. The number of rotatable bonds is 17. The van der Waals surface area contributed by atoms with Crippen LogP contribution in [0.15, 0.2) is 17.5 Å². The monoisotopic (exact) mass is 1200 g/mol. The minimum Gasteiger partial charge on any atom is -0.481 e. The largest absolute Gasteiger partial charge is 0.481 e. The lowest BCUT2D eigenvalue weighted by Crippen LogP contribution is -2.66. The van der Waals surface area contributed by atoms with Crippen LogP contribution < -0.4 is 70.4 Å². The van der Waals surface area contributed by atoms with E-state index in [4.69, 9.17) is 17.2 Å². The minimum absolute atomic E-state index is 0.00738. The standard InChI is InChI=1S/C53H88N16O14S/c1-29(2)24-36-44(76)58-21-12-7-6-9-15-40(72)68-42(31(4)70)50(82)64-34(16-17-41(73)74)47(79)62-33(14-13-22-59-52(55)56)46(78)63-35(18-23-84-5)45(77)61-30(3)43(75)69-53(19-10-8-11-20-53)51(83)67-37(25-32-27-57-28-60-32)48(80)66-38(26-39(54)71)49(81)65-36/h27-31,33-38,42,70H,6-26H2,1-5H3,(H2,54,71)(H,57,60)(H,58,76)(H,61,77)(H,62,79)(H,63,78)(H,64,82)(H,65,81)(H,66,80)(H,67,83)(H,68,72)(H,69,75)(H,73,74)(H4,55,56,59)/t30-,31+,33-,34-,35-,36-,37-,38-,42-/m0/s1. The summed E-state index contributed by atoms with van der Waals surface area (Å²) in [6, 6.07) is -11.6. The van der Waals surface area contributed by atoms with Crippen LogP contribution in [0.2, 0.25) is 0 Å². The van der Waals surface area contributed by atoms with Crippen LogP contribution in [0.3, 0.4) is 0 Å². The number of nitrogens with one attached hydrogen (secondary N) is 11. The van der Waals surface area contributed by atoms with Crippen molar-refractivity contribution in [2.45, 2.75) is 203 Å². The Morgan fingerprint density at radius 3 is 1.86 bits per heavy atom. The van der Waals surface area contributed by atoms with Crippen molar-refractivity contribution in [3.05, 3.63) is 18.2 Å². The highest BCUT2D eigenvalue weighted by molar-refractivity contribution is 7.98. The summed E-state index contributed by atoms with van der Waals surface area (Å²) >= 11 is 1.33. The van der Waals surface area contributed by atoms with Crippen LogP contribution in [0.4, 0.5) is 0 Å². The van der Waals surface area contributed by atoms with Crippen LogP contribution in [-0.4, -0.2) is 182 Å². The summed E-state index contributed by atoms with van der Waals surface area (Å²) < 4.78 is 0. The van der Waals surface area contributed by atoms with Gasteiger partial charge in [-0.05, 0) is 89.6 Å². The number of carboxylic acid groups (broad SMARTS) is 1. The second-order valence-electron chi connectivity index (χ2n) is 21.7. The Bertz CT molecular complexity index is 2440. The zero-order valence-electron chi connectivity index (χ0n) is 48.6. The number of aliphatic imine (C=N–C) groups is 1. The van der Waals surface area contributed by atoms with Gasteiger partial charge in [0.25, 0.3) is 0 Å². The van der Waals surface area contributed by atoms with Gasteiger partial charge in [-0.2, -0.15) is 11.8 Å². The van der Waals surface area contributed by atoms with Crippen molar-refractivity contribution in [3.63, 3.8) is 0 Å². The van der Waals surface area contributed by atoms with Crippen molar-refractivity contribution in [1.82, 2.24) is 63.1 Å². The van der Waals surface area contributed by atoms with E-state index >= 15 is 0 Å². The third kappa shape index (κ3) is 25.1. The molecule has 1 spiro atoms. The number of amides is 11. The predicted molar refractivity (Wildman–Crippen MR) is 308 cm³/mol. The molecule has 2 fully saturated rings. The molecule has 2 heterocycles. The third-order valence-electron chi connectivity index (χ3n) is 14.0. The number of carbonyl (C=O) groups excluding carboxylic acids is 11. The summed E-state index contributed by atoms with van der Waals surface area (Å²) in [7, 11) is 0. The van der Waals surface area contributed by atoms with Crippen LogP contribution in [0.1, 0.15) is 143 Å². The van der Waals surface area contributed by atoms with E-state index in [0.717, 1.165) is 0 Å². The van der Waals surface area contributed by atoms with Crippen LogP contribution >= 0.6 is 11.8 Å². The van der Waals surface area contributed by atoms with E-state index in [1.807, 2.05) is 13.8 Å². The van der Waals surface area contributed by atoms with Gasteiger partial charge in [-0.1, -0.05) is 46.0 Å². The van der Waals surface area contributed by atoms with Crippen LogP contribution in [0.5, 0.6) is 0 Å². The number of primary amides is 1. The zero-order valence-corrected chi connectivity index (χ0v) is 49.4. The number of aromatic amines is 1. The number of aliphatic carboxylic acids is 1. The highest BCUT2D eigenvalue weighted by Gasteiger charge is 2.44. The van der Waals surface area contributed by atoms with E-state index in [0.29, 0.717) is 56.4 Å². The fourth-order valence-electron chi connectivity index (χ4n) is 9.44. The molecule has 0 unspecified atom stereocenters. The Morgan fingerprint density at radius 1 is 0.690 bits per heavy atom. The van der Waals surface area contributed by atoms with Gasteiger partial charge in [0.1, 0.15) is 53.9 Å². The van der Waals surface area contributed by atoms with Gasteiger partial charge in [-0.15, -0.1) is 0 Å². The fraction of sp³-hybridized carbons (Fsp3) is 0.698. The molecule has 0 bridgehead atoms. The van der Waals surface area contributed by atoms with Crippen LogP contribution in [0, 0.1) is 5.92 Å². The van der Waals surface area contributed by atoms with Gasteiger partial charge in [0.2, 0.25) is 65.0 Å². The molecular weight excluding hydrogens is 1120 g/mol. The maximum absolute atomic E-state index is 14.7. The number of thioether (sulfide) groups is 1. The number of hydrogen-bond acceptors (Lipinski definition) is 16. The normalized spacial score (nSPS) is 25.2. The van der Waals surface area contributed by atoms with Crippen LogP contribution in [0.25, 0.3) is 0 Å². The number of hydrogen-bond donors (Lipinski definition) is 16. The Hall–Kier alpha value is -7.57. The number of nitrogens with two attached hydrogens (primary N) is 3. The fourth-order valence-corrected chi connectivity index (χ4v) is 9.91. The number of aromatic nitrogens is 2. The molecule has 30 nitrogen and oxygen atoms in total. The van der Waals surface area contributed by atoms with E-state index in [1.165, 1.54) is 38.1 Å². The first kappa shape index (κ1) is 70.7. The maximum atomic E-state index is 14.7. The Kier molecular flexibility index (Phi) is 30.5. The van der Waals surface area contributed by atoms with Gasteiger partial charge in [-0.3, -0.25) is 62.5 Å². The maximum Gasteiger partial charge on any atom is 0.303 e. The van der Waals surface area contributed by atoms with Gasteiger partial charge in [-0.25, -0.2) is 4.98 Å². The van der Waals surface area contributed by atoms with E-state index in [1.54, 1.807) is 6.26 Å². The first-order valence-corrected chi connectivity index (χ1v) is 29.9. The van der Waals surface area contributed by atoms with Crippen molar-refractivity contribution >= 4 is 88.7 Å². The van der Waals surface area contributed by atoms with Gasteiger partial charge in [0.15, 0.2) is 5.96 Å². The first-order chi connectivity index (χ1) is 39.7. The SMILES string of the molecule is CSCC[C@@H]1NC(=O)[C@H](CCCN=C(N)N)NC(=O)[C@H](CCC(=O)O)NC(=O)[C@H]([C@@H](C)O)NC(=O)CCCCCCNC(=O)[C@H](CC(C)C)NC(=O)[C@H](CC(N)=O)NC(=O)[C@H](Cc2cnc[nH]2)NC(=O)C2(CCCCC2)NC(=O)[C@H](C)NC1=O. The topological polar surface area (TPSA) is 485 Å². The summed E-state index contributed by atoms with van der Waals surface area (Å²) in [6.45, 7) is 6.36. The highest BCUT2D eigenvalue weighted by Crippen LogP contribution is 2.29. The van der Waals surface area contributed by atoms with Crippen molar-refractivity contribution in [2.75, 3.05) is 25.1 Å². The second kappa shape index (κ2) is 36.2. The van der Waals surface area contributed by atoms with Crippen molar-refractivity contribution < 1.29 is 67.7 Å². The molecule has 1 saturated heterocycles. The molecule has 1 aromatic heterocycles. The molecule has 1 saturated carbocycles. The van der Waals surface area contributed by atoms with E-state index in [2.05, 4.69) is 68.1 Å². The zero-order chi connectivity index (χ0) is 62.5. The summed E-state index contributed by atoms with van der Waals surface area (Å²) in [5, 5.41) is 46.4. The van der Waals surface area contributed by atoms with E-state index in [-0.39, 0.29) is 76.3 Å². The molecule has 1 aliphatic heterocycles. The molecule has 11 amide bonds. The molecule has 1 aromatic rings. The molecular formula is C53H88N16O14S. The van der Waals surface area contributed by atoms with Crippen molar-refractivity contribution in [1.29, 1.82) is 0 Å². The van der Waals surface area contributed by atoms with Crippen molar-refractivity contribution in [2.24, 2.45) is 28.1 Å². The second-order valence-corrected chi connectivity index (χ2v) is 22.7. The number of carboxylic acids is 1. The Morgan fingerprint density at radius 2 is 1.26 bits per heavy atom. The number of aliphatic hydroxyl groups is 1. The predicted octanol–water partition coefficient (Wildman–Crippen LogP) is -3.28. The van der Waals surface area contributed by atoms with Crippen molar-refractivity contribution in [3.8, 4) is 0 Å². The molecule has 470 valence electrons. The lowest BCUT2D eigenvalue weighted by molar-refractivity contribution is -0.139. The number of H-pyrrole nitrogens is 1. The summed E-state index contributed by atoms with van der Waals surface area (Å²) in [5.74, 6) is -10.8. The van der Waals surface area contributed by atoms with Crippen LogP contribution in [-0.2, 0) is 64.0 Å². The molecule has 3 rings (SSSR count). The lowest BCUT2D eigenvalue weighted by atomic mass is 9.80.